The summed E-state index contributed by atoms with van der Waals surface area (Å²) in [5, 5.41) is 5.08. The van der Waals surface area contributed by atoms with Gasteiger partial charge in [-0.15, -0.1) is 0 Å². The van der Waals surface area contributed by atoms with Gasteiger partial charge in [0, 0.05) is 29.2 Å². The molecule has 0 spiro atoms. The van der Waals surface area contributed by atoms with Crippen molar-refractivity contribution in [3.8, 4) is 0 Å². The van der Waals surface area contributed by atoms with Crippen molar-refractivity contribution in [2.45, 2.75) is 51.5 Å². The number of hydrogen-bond acceptors (Lipinski definition) is 3. The average molecular weight is 398 g/mol. The Bertz CT molecular complexity index is 1140. The summed E-state index contributed by atoms with van der Waals surface area (Å²) in [6, 6.07) is 13.5. The SMILES string of the molecule is CCn1cc(/C=N/NS(=O)(=O)c2cc(C(C)(C)C)ccc2C)c2ccccc21. The minimum Gasteiger partial charge on any atom is -0.347 e. The number of sulfonamides is 1. The fraction of sp³-hybridized carbons (Fsp3) is 0.318. The highest BCUT2D eigenvalue weighted by Crippen LogP contribution is 2.26. The van der Waals surface area contributed by atoms with Crippen molar-refractivity contribution in [2.75, 3.05) is 0 Å². The van der Waals surface area contributed by atoms with Crippen LogP contribution in [0.1, 0.15) is 44.4 Å². The summed E-state index contributed by atoms with van der Waals surface area (Å²) in [5.74, 6) is 0. The van der Waals surface area contributed by atoms with Gasteiger partial charge in [0.05, 0.1) is 11.1 Å². The Morgan fingerprint density at radius 1 is 1.14 bits per heavy atom. The van der Waals surface area contributed by atoms with E-state index in [1.54, 1.807) is 19.2 Å². The van der Waals surface area contributed by atoms with Crippen molar-refractivity contribution in [2.24, 2.45) is 5.10 Å². The van der Waals surface area contributed by atoms with Crippen LogP contribution in [-0.2, 0) is 22.0 Å². The molecule has 3 rings (SSSR count). The zero-order chi connectivity index (χ0) is 20.5. The van der Waals surface area contributed by atoms with Crippen molar-refractivity contribution in [1.82, 2.24) is 9.40 Å². The van der Waals surface area contributed by atoms with E-state index < -0.39 is 10.0 Å². The molecule has 28 heavy (non-hydrogen) atoms. The lowest BCUT2D eigenvalue weighted by molar-refractivity contribution is 0.577. The van der Waals surface area contributed by atoms with Crippen LogP contribution in [0.3, 0.4) is 0 Å². The van der Waals surface area contributed by atoms with Gasteiger partial charge in [-0.3, -0.25) is 0 Å². The van der Waals surface area contributed by atoms with E-state index in [4.69, 9.17) is 0 Å². The second-order valence-electron chi connectivity index (χ2n) is 7.97. The topological polar surface area (TPSA) is 63.5 Å². The largest absolute Gasteiger partial charge is 0.347 e. The molecule has 6 heteroatoms. The fourth-order valence-electron chi connectivity index (χ4n) is 3.21. The number of rotatable bonds is 5. The van der Waals surface area contributed by atoms with Crippen molar-refractivity contribution in [1.29, 1.82) is 0 Å². The van der Waals surface area contributed by atoms with Crippen molar-refractivity contribution in [3.63, 3.8) is 0 Å². The Hall–Kier alpha value is -2.60. The molecular formula is C22H27N3O2S. The standard InChI is InChI=1S/C22H27N3O2S/c1-6-25-15-17(19-9-7-8-10-20(19)25)14-23-24-28(26,27)21-13-18(22(3,4)5)12-11-16(21)2/h7-15,24H,6H2,1-5H3/b23-14+. The van der Waals surface area contributed by atoms with Gasteiger partial charge in [-0.2, -0.15) is 13.5 Å². The minimum absolute atomic E-state index is 0.136. The maximum absolute atomic E-state index is 12.8. The Morgan fingerprint density at radius 2 is 1.86 bits per heavy atom. The van der Waals surface area contributed by atoms with E-state index in [0.29, 0.717) is 5.56 Å². The first-order chi connectivity index (χ1) is 13.1. The second kappa shape index (κ2) is 7.43. The van der Waals surface area contributed by atoms with Gasteiger partial charge in [0.1, 0.15) is 0 Å². The monoisotopic (exact) mass is 397 g/mol. The molecule has 0 fully saturated rings. The third-order valence-electron chi connectivity index (χ3n) is 4.88. The van der Waals surface area contributed by atoms with Crippen LogP contribution in [0.25, 0.3) is 10.9 Å². The first kappa shape index (κ1) is 20.1. The molecule has 0 aliphatic heterocycles. The van der Waals surface area contributed by atoms with E-state index in [1.165, 1.54) is 0 Å². The van der Waals surface area contributed by atoms with Gasteiger partial charge < -0.3 is 4.57 Å². The maximum atomic E-state index is 12.8. The fourth-order valence-corrected chi connectivity index (χ4v) is 4.27. The van der Waals surface area contributed by atoms with Crippen LogP contribution in [0.4, 0.5) is 0 Å². The number of nitrogens with zero attached hydrogens (tertiary/aromatic N) is 2. The van der Waals surface area contributed by atoms with Crippen LogP contribution < -0.4 is 4.83 Å². The van der Waals surface area contributed by atoms with Crippen LogP contribution in [-0.4, -0.2) is 19.2 Å². The first-order valence-corrected chi connectivity index (χ1v) is 10.9. The van der Waals surface area contributed by atoms with Crippen LogP contribution in [0.15, 0.2) is 58.7 Å². The number of aromatic nitrogens is 1. The predicted molar refractivity (Wildman–Crippen MR) is 115 cm³/mol. The number of fused-ring (bicyclic) bond motifs is 1. The number of benzene rings is 2. The number of aryl methyl sites for hydroxylation is 2. The van der Waals surface area contributed by atoms with E-state index in [2.05, 4.69) is 42.2 Å². The van der Waals surface area contributed by atoms with Crippen molar-refractivity contribution in [3.05, 3.63) is 65.4 Å². The normalized spacial score (nSPS) is 12.8. The smallest absolute Gasteiger partial charge is 0.276 e. The highest BCUT2D eigenvalue weighted by molar-refractivity contribution is 7.89. The van der Waals surface area contributed by atoms with E-state index in [1.807, 2.05) is 42.6 Å². The molecule has 148 valence electrons. The van der Waals surface area contributed by atoms with E-state index in [0.717, 1.165) is 28.6 Å². The lowest BCUT2D eigenvalue weighted by atomic mass is 9.87. The summed E-state index contributed by atoms with van der Waals surface area (Å²) in [6.45, 7) is 10.9. The van der Waals surface area contributed by atoms with E-state index in [-0.39, 0.29) is 10.3 Å². The predicted octanol–water partition coefficient (Wildman–Crippen LogP) is 4.58. The van der Waals surface area contributed by atoms with Crippen LogP contribution >= 0.6 is 0 Å². The molecule has 1 N–H and O–H groups in total. The van der Waals surface area contributed by atoms with Gasteiger partial charge >= 0.3 is 0 Å². The first-order valence-electron chi connectivity index (χ1n) is 9.37. The van der Waals surface area contributed by atoms with Crippen molar-refractivity contribution >= 4 is 27.1 Å². The summed E-state index contributed by atoms with van der Waals surface area (Å²) in [6.07, 6.45) is 3.54. The zero-order valence-electron chi connectivity index (χ0n) is 17.0. The van der Waals surface area contributed by atoms with E-state index in [9.17, 15) is 8.42 Å². The van der Waals surface area contributed by atoms with Gasteiger partial charge in [0.2, 0.25) is 0 Å². The summed E-state index contributed by atoms with van der Waals surface area (Å²) in [4.78, 5) is 2.63. The van der Waals surface area contributed by atoms with Crippen LogP contribution in [0.5, 0.6) is 0 Å². The van der Waals surface area contributed by atoms with Crippen LogP contribution in [0.2, 0.25) is 0 Å². The molecule has 0 saturated carbocycles. The molecule has 1 heterocycles. The molecule has 0 radical (unpaired) electrons. The van der Waals surface area contributed by atoms with Gasteiger partial charge in [0.25, 0.3) is 10.0 Å². The number of nitrogens with one attached hydrogen (secondary N) is 1. The summed E-state index contributed by atoms with van der Waals surface area (Å²) >= 11 is 0. The molecule has 2 aromatic carbocycles. The molecule has 0 aliphatic rings. The molecule has 0 aliphatic carbocycles. The molecule has 5 nitrogen and oxygen atoms in total. The highest BCUT2D eigenvalue weighted by Gasteiger charge is 2.21. The Morgan fingerprint density at radius 3 is 2.54 bits per heavy atom. The van der Waals surface area contributed by atoms with Crippen molar-refractivity contribution < 1.29 is 8.42 Å². The molecule has 0 saturated heterocycles. The third kappa shape index (κ3) is 3.97. The molecule has 0 amide bonds. The third-order valence-corrected chi connectivity index (χ3v) is 6.24. The number of para-hydroxylation sites is 1. The lowest BCUT2D eigenvalue weighted by Crippen LogP contribution is -2.21. The Kier molecular flexibility index (Phi) is 5.35. The van der Waals surface area contributed by atoms with Gasteiger partial charge in [-0.05, 0) is 42.5 Å². The quantitative estimate of drug-likeness (QED) is 0.506. The maximum Gasteiger partial charge on any atom is 0.276 e. The highest BCUT2D eigenvalue weighted by atomic mass is 32.2. The Labute approximate surface area is 167 Å². The second-order valence-corrected chi connectivity index (χ2v) is 9.60. The van der Waals surface area contributed by atoms with Gasteiger partial charge in [0.15, 0.2) is 0 Å². The van der Waals surface area contributed by atoms with Crippen LogP contribution in [0, 0.1) is 6.92 Å². The zero-order valence-corrected chi connectivity index (χ0v) is 17.8. The molecule has 0 unspecified atom stereocenters. The summed E-state index contributed by atoms with van der Waals surface area (Å²) in [5.41, 5.74) is 3.50. The Balaban J connectivity index is 1.91. The number of hydrazone groups is 1. The van der Waals surface area contributed by atoms with E-state index >= 15 is 0 Å². The summed E-state index contributed by atoms with van der Waals surface area (Å²) in [7, 11) is -3.75. The molecule has 1 aromatic heterocycles. The number of hydrogen-bond donors (Lipinski definition) is 1. The molecule has 3 aromatic rings. The molecule has 0 bridgehead atoms. The van der Waals surface area contributed by atoms with Gasteiger partial charge in [-0.25, -0.2) is 4.83 Å². The molecular weight excluding hydrogens is 370 g/mol. The average Bonchev–Trinajstić information content (AvgIpc) is 2.99. The lowest BCUT2D eigenvalue weighted by Gasteiger charge is -2.20. The minimum atomic E-state index is -3.75. The van der Waals surface area contributed by atoms with Gasteiger partial charge in [-0.1, -0.05) is 51.1 Å². The summed E-state index contributed by atoms with van der Waals surface area (Å²) < 4.78 is 27.7. The molecule has 0 atom stereocenters.